The van der Waals surface area contributed by atoms with Crippen molar-refractivity contribution in [3.63, 3.8) is 0 Å². The van der Waals surface area contributed by atoms with Crippen molar-refractivity contribution >= 4 is 45.6 Å². The summed E-state index contributed by atoms with van der Waals surface area (Å²) in [6.45, 7) is 11.6. The van der Waals surface area contributed by atoms with Crippen LogP contribution < -0.4 is 10.2 Å². The number of anilines is 3. The van der Waals surface area contributed by atoms with E-state index in [1.807, 2.05) is 37.9 Å². The van der Waals surface area contributed by atoms with Gasteiger partial charge in [0.25, 0.3) is 0 Å². The Kier molecular flexibility index (Phi) is 6.36. The maximum atomic E-state index is 12.9. The van der Waals surface area contributed by atoms with E-state index in [-0.39, 0.29) is 11.3 Å². The van der Waals surface area contributed by atoms with E-state index in [0.29, 0.717) is 12.5 Å². The second-order valence-electron chi connectivity index (χ2n) is 11.4. The summed E-state index contributed by atoms with van der Waals surface area (Å²) in [5.74, 6) is 0.776. The molecule has 0 unspecified atom stereocenters. The third-order valence-electron chi connectivity index (χ3n) is 7.42. The van der Waals surface area contributed by atoms with Crippen molar-refractivity contribution in [2.45, 2.75) is 33.7 Å². The maximum Gasteiger partial charge on any atom is 0.229 e. The van der Waals surface area contributed by atoms with Crippen LogP contribution in [0.3, 0.4) is 0 Å². The fourth-order valence-corrected chi connectivity index (χ4v) is 6.42. The van der Waals surface area contributed by atoms with Gasteiger partial charge in [0.2, 0.25) is 11.9 Å². The first kappa shape index (κ1) is 24.9. The van der Waals surface area contributed by atoms with Gasteiger partial charge in [0.15, 0.2) is 0 Å². The highest BCUT2D eigenvalue weighted by Crippen LogP contribution is 2.38. The monoisotopic (exact) mass is 529 g/mol. The molecular formula is C29H35N7OS. The molecule has 0 aliphatic carbocycles. The van der Waals surface area contributed by atoms with E-state index in [2.05, 4.69) is 57.5 Å². The summed E-state index contributed by atoms with van der Waals surface area (Å²) in [7, 11) is 2.17. The van der Waals surface area contributed by atoms with Crippen molar-refractivity contribution in [1.29, 1.82) is 0 Å². The quantitative estimate of drug-likeness (QED) is 0.382. The van der Waals surface area contributed by atoms with Gasteiger partial charge in [-0.1, -0.05) is 26.8 Å². The number of hydrogen-bond acceptors (Lipinski definition) is 7. The average molecular weight is 530 g/mol. The molecule has 0 spiro atoms. The largest absolute Gasteiger partial charge is 0.369 e. The normalized spacial score (nSPS) is 16.6. The zero-order valence-electron chi connectivity index (χ0n) is 22.5. The van der Waals surface area contributed by atoms with Gasteiger partial charge >= 0.3 is 0 Å². The van der Waals surface area contributed by atoms with Gasteiger partial charge in [-0.15, -0.1) is 11.3 Å². The fraction of sp³-hybridized carbons (Fsp3) is 0.414. The Labute approximate surface area is 227 Å². The van der Waals surface area contributed by atoms with Crippen LogP contribution in [0.2, 0.25) is 0 Å². The molecule has 9 heteroatoms. The lowest BCUT2D eigenvalue weighted by atomic mass is 9.93. The molecule has 2 aliphatic heterocycles. The van der Waals surface area contributed by atoms with Crippen molar-refractivity contribution < 1.29 is 4.79 Å². The maximum absolute atomic E-state index is 12.9. The highest BCUT2D eigenvalue weighted by Gasteiger charge is 2.31. The van der Waals surface area contributed by atoms with Gasteiger partial charge in [0.05, 0.1) is 10.6 Å². The molecule has 0 saturated carbocycles. The molecule has 0 bridgehead atoms. The van der Waals surface area contributed by atoms with Crippen molar-refractivity contribution in [3.8, 4) is 10.6 Å². The number of aromatic amines is 1. The van der Waals surface area contributed by atoms with Gasteiger partial charge in [0.1, 0.15) is 5.65 Å². The van der Waals surface area contributed by atoms with Crippen LogP contribution in [0.4, 0.5) is 17.3 Å². The minimum absolute atomic E-state index is 0.205. The van der Waals surface area contributed by atoms with Gasteiger partial charge in [-0.2, -0.15) is 4.98 Å². The third kappa shape index (κ3) is 4.88. The Hall–Kier alpha value is -3.43. The van der Waals surface area contributed by atoms with E-state index in [9.17, 15) is 4.79 Å². The molecule has 5 heterocycles. The number of nitrogens with zero attached hydrogens (tertiary/aromatic N) is 5. The third-order valence-corrected chi connectivity index (χ3v) is 8.66. The average Bonchev–Trinajstić information content (AvgIpc) is 3.54. The molecule has 2 N–H and O–H groups in total. The number of amides is 1. The first-order chi connectivity index (χ1) is 18.2. The predicted octanol–water partition coefficient (Wildman–Crippen LogP) is 5.11. The number of carbonyl (C=O) groups is 1. The van der Waals surface area contributed by atoms with E-state index >= 15 is 0 Å². The Bertz CT molecular complexity index is 1480. The summed E-state index contributed by atoms with van der Waals surface area (Å²) in [5.41, 5.74) is 4.77. The zero-order valence-corrected chi connectivity index (χ0v) is 23.4. The fourth-order valence-electron chi connectivity index (χ4n) is 5.26. The number of piperazine rings is 1. The van der Waals surface area contributed by atoms with Crippen LogP contribution >= 0.6 is 11.3 Å². The number of fused-ring (bicyclic) bond motifs is 2. The molecule has 3 aromatic heterocycles. The van der Waals surface area contributed by atoms with Crippen molar-refractivity contribution in [1.82, 2.24) is 24.8 Å². The Morgan fingerprint density at radius 1 is 1.05 bits per heavy atom. The van der Waals surface area contributed by atoms with Crippen molar-refractivity contribution in [3.05, 3.63) is 53.0 Å². The predicted molar refractivity (Wildman–Crippen MR) is 155 cm³/mol. The lowest BCUT2D eigenvalue weighted by molar-refractivity contribution is -0.140. The first-order valence-corrected chi connectivity index (χ1v) is 14.1. The lowest BCUT2D eigenvalue weighted by Gasteiger charge is -2.34. The number of likely N-dealkylation sites (N-methyl/N-ethyl adjacent to an activating group) is 1. The molecule has 1 aromatic carbocycles. The van der Waals surface area contributed by atoms with Gasteiger partial charge in [-0.25, -0.2) is 4.98 Å². The van der Waals surface area contributed by atoms with Crippen LogP contribution in [-0.2, 0) is 17.8 Å². The van der Waals surface area contributed by atoms with Gasteiger partial charge in [0, 0.05) is 72.5 Å². The van der Waals surface area contributed by atoms with Crippen LogP contribution in [0.15, 0.2) is 42.6 Å². The highest BCUT2D eigenvalue weighted by molar-refractivity contribution is 7.15. The Morgan fingerprint density at radius 3 is 2.66 bits per heavy atom. The van der Waals surface area contributed by atoms with Crippen LogP contribution in [0.25, 0.3) is 21.6 Å². The number of nitrogens with one attached hydrogen (secondary N) is 2. The van der Waals surface area contributed by atoms with E-state index < -0.39 is 0 Å². The van der Waals surface area contributed by atoms with Crippen LogP contribution in [0.1, 0.15) is 31.2 Å². The van der Waals surface area contributed by atoms with Gasteiger partial charge in [-0.3, -0.25) is 4.79 Å². The number of hydrogen-bond donors (Lipinski definition) is 2. The molecule has 2 aliphatic rings. The van der Waals surface area contributed by atoms with Crippen molar-refractivity contribution in [2.75, 3.05) is 50.0 Å². The molecule has 38 heavy (non-hydrogen) atoms. The summed E-state index contributed by atoms with van der Waals surface area (Å²) in [4.78, 5) is 35.2. The van der Waals surface area contributed by atoms with Crippen LogP contribution in [0, 0.1) is 5.41 Å². The summed E-state index contributed by atoms with van der Waals surface area (Å²) >= 11 is 1.78. The first-order valence-electron chi connectivity index (χ1n) is 13.3. The van der Waals surface area contributed by atoms with E-state index in [0.717, 1.165) is 66.4 Å². The number of H-pyrrole nitrogens is 1. The highest BCUT2D eigenvalue weighted by atomic mass is 32.1. The minimum Gasteiger partial charge on any atom is -0.369 e. The molecule has 1 fully saturated rings. The number of rotatable bonds is 4. The zero-order chi connectivity index (χ0) is 26.4. The minimum atomic E-state index is -0.373. The molecule has 8 nitrogen and oxygen atoms in total. The standard InChI is InChI=1S/C29H35N7OS/c1-29(2,3)27(37)36-11-9-23-19(18-36)16-24(38-23)25-22-8-10-30-26(22)33-28(32-25)31-20-6-5-7-21(17-20)35-14-12-34(4)13-15-35/h5-8,10,16-17H,9,11-15,18H2,1-4H3,(H2,30,31,32,33). The molecule has 6 rings (SSSR count). The molecule has 0 radical (unpaired) electrons. The number of thiophene rings is 1. The number of carbonyl (C=O) groups excluding carboxylic acids is 1. The summed E-state index contributed by atoms with van der Waals surface area (Å²) in [6, 6.07) is 12.7. The summed E-state index contributed by atoms with van der Waals surface area (Å²) in [5, 5.41) is 4.46. The summed E-state index contributed by atoms with van der Waals surface area (Å²) in [6.07, 6.45) is 2.80. The second-order valence-corrected chi connectivity index (χ2v) is 12.5. The molecule has 4 aromatic rings. The lowest BCUT2D eigenvalue weighted by Crippen LogP contribution is -2.44. The van der Waals surface area contributed by atoms with Crippen molar-refractivity contribution in [2.24, 2.45) is 5.41 Å². The van der Waals surface area contributed by atoms with Gasteiger partial charge in [-0.05, 0) is 49.4 Å². The summed E-state index contributed by atoms with van der Waals surface area (Å²) < 4.78 is 0. The van der Waals surface area contributed by atoms with E-state index in [1.165, 1.54) is 16.1 Å². The number of benzene rings is 1. The topological polar surface area (TPSA) is 80.4 Å². The van der Waals surface area contributed by atoms with Gasteiger partial charge < -0.3 is 25.0 Å². The number of aromatic nitrogens is 3. The van der Waals surface area contributed by atoms with Crippen LogP contribution in [-0.4, -0.2) is 70.4 Å². The molecule has 1 amide bonds. The Balaban J connectivity index is 1.28. The molecule has 198 valence electrons. The molecule has 0 atom stereocenters. The van der Waals surface area contributed by atoms with E-state index in [1.54, 1.807) is 11.3 Å². The SMILES string of the molecule is CN1CCN(c2cccc(Nc3nc(-c4cc5c(s4)CCN(C(=O)C(C)(C)C)C5)c4cc[nH]c4n3)c2)CC1. The van der Waals surface area contributed by atoms with Crippen LogP contribution in [0.5, 0.6) is 0 Å². The molecular weight excluding hydrogens is 494 g/mol. The Morgan fingerprint density at radius 2 is 1.87 bits per heavy atom. The van der Waals surface area contributed by atoms with E-state index in [4.69, 9.17) is 9.97 Å². The smallest absolute Gasteiger partial charge is 0.229 e. The second kappa shape index (κ2) is 9.71. The molecule has 1 saturated heterocycles.